The number of ether oxygens (including phenoxy) is 4. The number of esters is 3. The Balaban J connectivity index is 1.68. The van der Waals surface area contributed by atoms with E-state index < -0.39 is 48.2 Å². The van der Waals surface area contributed by atoms with Crippen molar-refractivity contribution in [2.75, 3.05) is 0 Å². The first-order chi connectivity index (χ1) is 16.8. The number of carbonyl (C=O) groups excluding carboxylic acids is 3. The molecule has 2 heterocycles. The third kappa shape index (κ3) is 5.85. The van der Waals surface area contributed by atoms with E-state index >= 15 is 0 Å². The lowest BCUT2D eigenvalue weighted by Crippen LogP contribution is -2.61. The fourth-order valence-electron chi connectivity index (χ4n) is 4.28. The maximum Gasteiger partial charge on any atom is 0.338 e. The second kappa shape index (κ2) is 11.1. The van der Waals surface area contributed by atoms with Gasteiger partial charge in [-0.05, 0) is 62.4 Å². The lowest BCUT2D eigenvalue weighted by atomic mass is 9.82. The monoisotopic (exact) mass is 606 g/mol. The highest BCUT2D eigenvalue weighted by atomic mass is 79.9. The number of hydrogen-bond acceptors (Lipinski definition) is 7. The fourth-order valence-corrected chi connectivity index (χ4v) is 4.81. The summed E-state index contributed by atoms with van der Waals surface area (Å²) in [6.45, 7) is 3.59. The zero-order valence-corrected chi connectivity index (χ0v) is 22.2. The summed E-state index contributed by atoms with van der Waals surface area (Å²) in [5.74, 6) is -2.75. The molecule has 9 heteroatoms. The Kier molecular flexibility index (Phi) is 8.09. The molecule has 0 N–H and O–H groups in total. The molecule has 2 saturated heterocycles. The molecule has 2 aliphatic rings. The van der Waals surface area contributed by atoms with E-state index in [1.807, 2.05) is 6.92 Å². The number of carbonyl (C=O) groups is 3. The molecular formula is C26H24Br2O7. The van der Waals surface area contributed by atoms with E-state index in [0.717, 1.165) is 8.95 Å². The molecule has 0 spiro atoms. The first-order valence-corrected chi connectivity index (χ1v) is 12.8. The average Bonchev–Trinajstić information content (AvgIpc) is 2.81. The predicted molar refractivity (Wildman–Crippen MR) is 134 cm³/mol. The van der Waals surface area contributed by atoms with Gasteiger partial charge in [-0.2, -0.15) is 0 Å². The Hall–Kier alpha value is -2.49. The molecule has 0 amide bonds. The van der Waals surface area contributed by atoms with Gasteiger partial charge in [0.1, 0.15) is 18.1 Å². The van der Waals surface area contributed by atoms with Crippen molar-refractivity contribution in [3.63, 3.8) is 0 Å². The Morgan fingerprint density at radius 1 is 0.914 bits per heavy atom. The van der Waals surface area contributed by atoms with Crippen molar-refractivity contribution in [2.24, 2.45) is 5.92 Å². The molecule has 2 aromatic carbocycles. The van der Waals surface area contributed by atoms with Crippen LogP contribution in [0.3, 0.4) is 0 Å². The molecular weight excluding hydrogens is 584 g/mol. The van der Waals surface area contributed by atoms with Crippen molar-refractivity contribution < 1.29 is 33.3 Å². The highest BCUT2D eigenvalue weighted by molar-refractivity contribution is 9.10. The molecule has 0 aromatic heterocycles. The quantitative estimate of drug-likeness (QED) is 0.260. The Labute approximate surface area is 220 Å². The van der Waals surface area contributed by atoms with E-state index in [2.05, 4.69) is 31.9 Å². The molecule has 2 aliphatic heterocycles. The maximum absolute atomic E-state index is 13.1. The minimum Gasteiger partial charge on any atom is -0.462 e. The number of cyclic esters (lactones) is 1. The molecule has 0 saturated carbocycles. The van der Waals surface area contributed by atoms with E-state index in [1.54, 1.807) is 67.6 Å². The molecule has 0 radical (unpaired) electrons. The molecule has 0 aliphatic carbocycles. The molecule has 2 aromatic rings. The standard InChI is InChI=1S/C26H24Br2O7/c1-3-4-19-22(34-24(29)15-5-9-17(27)10-6-15)23(21-20(33-19)13-14(2)32-26(21)31)35-25(30)16-7-11-18(28)12-8-16/h3-12,14,19-23H,13H2,1-2H3/b4-3+/t14-,19-,20+,21-,22-,23-/m1/s1. The first kappa shape index (κ1) is 25.6. The van der Waals surface area contributed by atoms with E-state index in [1.165, 1.54) is 0 Å². The molecule has 35 heavy (non-hydrogen) atoms. The van der Waals surface area contributed by atoms with Crippen LogP contribution in [0.5, 0.6) is 0 Å². The number of hydrogen-bond donors (Lipinski definition) is 0. The zero-order valence-electron chi connectivity index (χ0n) is 19.1. The van der Waals surface area contributed by atoms with E-state index in [9.17, 15) is 14.4 Å². The average molecular weight is 608 g/mol. The van der Waals surface area contributed by atoms with Crippen LogP contribution in [-0.2, 0) is 23.7 Å². The molecule has 0 bridgehead atoms. The third-order valence-electron chi connectivity index (χ3n) is 5.92. The van der Waals surface area contributed by atoms with E-state index in [4.69, 9.17) is 18.9 Å². The van der Waals surface area contributed by atoms with Crippen LogP contribution in [-0.4, -0.2) is 48.4 Å². The highest BCUT2D eigenvalue weighted by Crippen LogP contribution is 2.38. The van der Waals surface area contributed by atoms with Gasteiger partial charge in [-0.25, -0.2) is 9.59 Å². The summed E-state index contributed by atoms with van der Waals surface area (Å²) in [6, 6.07) is 13.3. The van der Waals surface area contributed by atoms with Crippen molar-refractivity contribution in [1.29, 1.82) is 0 Å². The van der Waals surface area contributed by atoms with Crippen LogP contribution in [0.1, 0.15) is 41.0 Å². The molecule has 7 nitrogen and oxygen atoms in total. The molecule has 184 valence electrons. The van der Waals surface area contributed by atoms with Crippen LogP contribution in [0.4, 0.5) is 0 Å². The molecule has 0 unspecified atom stereocenters. The van der Waals surface area contributed by atoms with Gasteiger partial charge in [0.15, 0.2) is 12.2 Å². The number of benzene rings is 2. The van der Waals surface area contributed by atoms with Gasteiger partial charge in [-0.3, -0.25) is 4.79 Å². The van der Waals surface area contributed by atoms with E-state index in [-0.39, 0.29) is 6.10 Å². The number of fused-ring (bicyclic) bond motifs is 1. The number of allylic oxidation sites excluding steroid dienone is 1. The van der Waals surface area contributed by atoms with Gasteiger partial charge in [0.05, 0.1) is 17.2 Å². The Bertz CT molecular complexity index is 1110. The van der Waals surface area contributed by atoms with Crippen molar-refractivity contribution >= 4 is 49.8 Å². The van der Waals surface area contributed by atoms with E-state index in [0.29, 0.717) is 17.5 Å². The van der Waals surface area contributed by atoms with Gasteiger partial charge >= 0.3 is 17.9 Å². The highest BCUT2D eigenvalue weighted by Gasteiger charge is 2.55. The van der Waals surface area contributed by atoms with Gasteiger partial charge in [-0.1, -0.05) is 44.0 Å². The summed E-state index contributed by atoms with van der Waals surface area (Å²) in [7, 11) is 0. The smallest absolute Gasteiger partial charge is 0.338 e. The number of rotatable bonds is 5. The topological polar surface area (TPSA) is 88.1 Å². The minimum absolute atomic E-state index is 0.300. The summed E-state index contributed by atoms with van der Waals surface area (Å²) < 4.78 is 25.0. The summed E-state index contributed by atoms with van der Waals surface area (Å²) in [5.41, 5.74) is 0.613. The summed E-state index contributed by atoms with van der Waals surface area (Å²) in [6.07, 6.45) is 0.141. The SMILES string of the molecule is C/C=C/[C@H]1O[C@H]2C[C@@H](C)OC(=O)[C@H]2[C@@H](OC(=O)c2ccc(Br)cc2)[C@@H]1OC(=O)c1ccc(Br)cc1. The van der Waals surface area contributed by atoms with Crippen molar-refractivity contribution in [3.05, 3.63) is 80.8 Å². The largest absolute Gasteiger partial charge is 0.462 e. The van der Waals surface area contributed by atoms with Gasteiger partial charge in [0.2, 0.25) is 0 Å². The summed E-state index contributed by atoms with van der Waals surface area (Å²) in [5, 5.41) is 0. The summed E-state index contributed by atoms with van der Waals surface area (Å²) in [4.78, 5) is 39.1. The fraction of sp³-hybridized carbons (Fsp3) is 0.346. The van der Waals surface area contributed by atoms with Crippen molar-refractivity contribution in [2.45, 2.75) is 50.8 Å². The van der Waals surface area contributed by atoms with Crippen LogP contribution in [0.15, 0.2) is 69.6 Å². The normalized spacial score (nSPS) is 28.2. The van der Waals surface area contributed by atoms with Gasteiger partial charge < -0.3 is 18.9 Å². The third-order valence-corrected chi connectivity index (χ3v) is 6.97. The second-order valence-electron chi connectivity index (χ2n) is 8.43. The Morgan fingerprint density at radius 2 is 1.43 bits per heavy atom. The first-order valence-electron chi connectivity index (χ1n) is 11.2. The maximum atomic E-state index is 13.1. The zero-order chi connectivity index (χ0) is 25.1. The van der Waals surface area contributed by atoms with Crippen LogP contribution in [0.2, 0.25) is 0 Å². The van der Waals surface area contributed by atoms with Crippen LogP contribution < -0.4 is 0 Å². The van der Waals surface area contributed by atoms with Gasteiger partial charge in [0.25, 0.3) is 0 Å². The molecule has 4 rings (SSSR count). The van der Waals surface area contributed by atoms with Crippen LogP contribution in [0.25, 0.3) is 0 Å². The van der Waals surface area contributed by atoms with Gasteiger partial charge in [-0.15, -0.1) is 0 Å². The predicted octanol–water partition coefficient (Wildman–Crippen LogP) is 5.26. The van der Waals surface area contributed by atoms with Gasteiger partial charge in [0, 0.05) is 15.4 Å². The lowest BCUT2D eigenvalue weighted by Gasteiger charge is -2.46. The number of halogens is 2. The second-order valence-corrected chi connectivity index (χ2v) is 10.3. The molecule has 2 fully saturated rings. The van der Waals surface area contributed by atoms with Crippen LogP contribution >= 0.6 is 31.9 Å². The summed E-state index contributed by atoms with van der Waals surface area (Å²) >= 11 is 6.69. The molecule has 6 atom stereocenters. The van der Waals surface area contributed by atoms with Crippen molar-refractivity contribution in [1.82, 2.24) is 0 Å². The minimum atomic E-state index is -1.11. The van der Waals surface area contributed by atoms with Crippen LogP contribution in [0, 0.1) is 5.92 Å². The Morgan fingerprint density at radius 3 is 1.94 bits per heavy atom. The lowest BCUT2D eigenvalue weighted by molar-refractivity contribution is -0.224. The van der Waals surface area contributed by atoms with Crippen molar-refractivity contribution in [3.8, 4) is 0 Å².